The molecule has 0 aromatic carbocycles. The van der Waals surface area contributed by atoms with E-state index in [1.807, 2.05) is 6.92 Å². The van der Waals surface area contributed by atoms with Crippen molar-refractivity contribution in [2.45, 2.75) is 25.3 Å². The molecule has 2 N–H and O–H groups in total. The second kappa shape index (κ2) is 4.37. The van der Waals surface area contributed by atoms with Gasteiger partial charge in [-0.25, -0.2) is 0 Å². The predicted molar refractivity (Wildman–Crippen MR) is 43.3 cm³/mol. The molecule has 0 aromatic rings. The molecule has 0 aliphatic rings. The van der Waals surface area contributed by atoms with Crippen LogP contribution >= 0.6 is 23.2 Å². The van der Waals surface area contributed by atoms with Crippen molar-refractivity contribution < 1.29 is 0 Å². The van der Waals surface area contributed by atoms with E-state index in [1.165, 1.54) is 0 Å². The lowest BCUT2D eigenvalue weighted by atomic mass is 9.97. The first kappa shape index (κ1) is 9.54. The highest BCUT2D eigenvalue weighted by Crippen LogP contribution is 2.11. The first-order chi connectivity index (χ1) is 4.12. The second-order valence-electron chi connectivity index (χ2n) is 2.53. The van der Waals surface area contributed by atoms with Gasteiger partial charge in [0.1, 0.15) is 0 Å². The van der Waals surface area contributed by atoms with Crippen molar-refractivity contribution in [3.8, 4) is 0 Å². The van der Waals surface area contributed by atoms with E-state index >= 15 is 0 Å². The van der Waals surface area contributed by atoms with Gasteiger partial charge in [-0.2, -0.15) is 0 Å². The number of hydrogen-bond acceptors (Lipinski definition) is 1. The highest BCUT2D eigenvalue weighted by Gasteiger charge is 2.15. The monoisotopic (exact) mass is 169 g/mol. The quantitative estimate of drug-likeness (QED) is 0.641. The molecule has 0 radical (unpaired) electrons. The fraction of sp³-hybridized carbons (Fsp3) is 1.00. The van der Waals surface area contributed by atoms with Gasteiger partial charge in [0, 0.05) is 17.3 Å². The van der Waals surface area contributed by atoms with Crippen molar-refractivity contribution in [1.29, 1.82) is 0 Å². The molecule has 0 aliphatic heterocycles. The lowest BCUT2D eigenvalue weighted by Crippen LogP contribution is -2.36. The third kappa shape index (κ3) is 5.01. The van der Waals surface area contributed by atoms with E-state index in [-0.39, 0.29) is 5.54 Å². The van der Waals surface area contributed by atoms with Crippen molar-refractivity contribution in [2.24, 2.45) is 5.73 Å². The SMILES string of the molecule is CC(N)(CCCl)CCCl. The number of nitrogens with two attached hydrogens (primary N) is 1. The maximum absolute atomic E-state index is 5.77. The number of rotatable bonds is 4. The van der Waals surface area contributed by atoms with Gasteiger partial charge in [-0.3, -0.25) is 0 Å². The minimum absolute atomic E-state index is 0.163. The molecule has 0 bridgehead atoms. The lowest BCUT2D eigenvalue weighted by Gasteiger charge is -2.21. The van der Waals surface area contributed by atoms with Crippen LogP contribution in [0.2, 0.25) is 0 Å². The molecule has 0 saturated carbocycles. The van der Waals surface area contributed by atoms with Gasteiger partial charge in [-0.05, 0) is 19.8 Å². The summed E-state index contributed by atoms with van der Waals surface area (Å²) in [6.45, 7) is 1.97. The summed E-state index contributed by atoms with van der Waals surface area (Å²) in [5.74, 6) is 1.23. The molecule has 0 fully saturated rings. The molecule has 0 atom stereocenters. The zero-order chi connectivity index (χ0) is 7.33. The van der Waals surface area contributed by atoms with Gasteiger partial charge < -0.3 is 5.73 Å². The maximum Gasteiger partial charge on any atom is 0.0240 e. The van der Waals surface area contributed by atoms with Crippen LogP contribution in [0.5, 0.6) is 0 Å². The summed E-state index contributed by atoms with van der Waals surface area (Å²) < 4.78 is 0. The molecular weight excluding hydrogens is 157 g/mol. The Morgan fingerprint density at radius 3 is 1.78 bits per heavy atom. The lowest BCUT2D eigenvalue weighted by molar-refractivity contribution is 0.442. The van der Waals surface area contributed by atoms with Gasteiger partial charge in [-0.1, -0.05) is 0 Å². The zero-order valence-corrected chi connectivity index (χ0v) is 7.17. The largest absolute Gasteiger partial charge is 0.325 e. The van der Waals surface area contributed by atoms with E-state index in [0.717, 1.165) is 12.8 Å². The summed E-state index contributed by atoms with van der Waals surface area (Å²) in [5.41, 5.74) is 5.61. The highest BCUT2D eigenvalue weighted by atomic mass is 35.5. The van der Waals surface area contributed by atoms with Crippen LogP contribution in [-0.2, 0) is 0 Å². The summed E-state index contributed by atoms with van der Waals surface area (Å²) in [5, 5.41) is 0. The Morgan fingerprint density at radius 1 is 1.22 bits per heavy atom. The molecule has 0 spiro atoms. The van der Waals surface area contributed by atoms with E-state index in [0.29, 0.717) is 11.8 Å². The third-order valence-corrected chi connectivity index (χ3v) is 1.71. The molecule has 0 saturated heterocycles. The van der Waals surface area contributed by atoms with E-state index in [2.05, 4.69) is 0 Å². The second-order valence-corrected chi connectivity index (χ2v) is 3.29. The van der Waals surface area contributed by atoms with E-state index in [1.54, 1.807) is 0 Å². The van der Waals surface area contributed by atoms with Gasteiger partial charge in [0.15, 0.2) is 0 Å². The smallest absolute Gasteiger partial charge is 0.0240 e. The first-order valence-electron chi connectivity index (χ1n) is 3.03. The fourth-order valence-electron chi connectivity index (χ4n) is 0.557. The van der Waals surface area contributed by atoms with E-state index in [9.17, 15) is 0 Å². The number of halogens is 2. The molecule has 1 nitrogen and oxygen atoms in total. The van der Waals surface area contributed by atoms with Gasteiger partial charge in [0.05, 0.1) is 0 Å². The van der Waals surface area contributed by atoms with Gasteiger partial charge in [0.2, 0.25) is 0 Å². The van der Waals surface area contributed by atoms with Crippen molar-refractivity contribution in [2.75, 3.05) is 11.8 Å². The summed E-state index contributed by atoms with van der Waals surface area (Å²) in [6, 6.07) is 0. The molecule has 0 amide bonds. The molecular formula is C6H13Cl2N. The number of hydrogen-bond donors (Lipinski definition) is 1. The van der Waals surface area contributed by atoms with Crippen LogP contribution < -0.4 is 5.73 Å². The average Bonchev–Trinajstić information content (AvgIpc) is 1.64. The van der Waals surface area contributed by atoms with Gasteiger partial charge in [0.25, 0.3) is 0 Å². The molecule has 0 heterocycles. The topological polar surface area (TPSA) is 26.0 Å². The Kier molecular flexibility index (Phi) is 4.63. The first-order valence-corrected chi connectivity index (χ1v) is 4.10. The van der Waals surface area contributed by atoms with Crippen LogP contribution in [0.4, 0.5) is 0 Å². The summed E-state index contributed by atoms with van der Waals surface area (Å²) >= 11 is 11.0. The van der Waals surface area contributed by atoms with Crippen LogP contribution in [0.3, 0.4) is 0 Å². The molecule has 56 valence electrons. The predicted octanol–water partition coefficient (Wildman–Crippen LogP) is 1.96. The minimum atomic E-state index is -0.163. The highest BCUT2D eigenvalue weighted by molar-refractivity contribution is 6.18. The van der Waals surface area contributed by atoms with E-state index in [4.69, 9.17) is 28.9 Å². The Morgan fingerprint density at radius 2 is 1.56 bits per heavy atom. The molecule has 0 unspecified atom stereocenters. The summed E-state index contributed by atoms with van der Waals surface area (Å²) in [7, 11) is 0. The Balaban J connectivity index is 3.43. The zero-order valence-electron chi connectivity index (χ0n) is 5.66. The third-order valence-electron chi connectivity index (χ3n) is 1.33. The maximum atomic E-state index is 5.77. The Hall–Kier alpha value is 0.540. The Labute approximate surface area is 66.5 Å². The number of alkyl halides is 2. The van der Waals surface area contributed by atoms with Crippen molar-refractivity contribution in [3.63, 3.8) is 0 Å². The molecule has 9 heavy (non-hydrogen) atoms. The molecule has 0 aliphatic carbocycles. The van der Waals surface area contributed by atoms with E-state index < -0.39 is 0 Å². The van der Waals surface area contributed by atoms with Crippen molar-refractivity contribution >= 4 is 23.2 Å². The standard InChI is InChI=1S/C6H13Cl2N/c1-6(9,2-4-7)3-5-8/h2-5,9H2,1H3. The van der Waals surface area contributed by atoms with Crippen molar-refractivity contribution in [1.82, 2.24) is 0 Å². The molecule has 0 rings (SSSR count). The van der Waals surface area contributed by atoms with Gasteiger partial charge in [-0.15, -0.1) is 23.2 Å². The van der Waals surface area contributed by atoms with Crippen LogP contribution in [0.15, 0.2) is 0 Å². The Bertz CT molecular complexity index is 65.5. The minimum Gasteiger partial charge on any atom is -0.325 e. The summed E-state index contributed by atoms with van der Waals surface area (Å²) in [4.78, 5) is 0. The summed E-state index contributed by atoms with van der Waals surface area (Å²) in [6.07, 6.45) is 1.67. The molecule has 0 aromatic heterocycles. The molecule has 3 heteroatoms. The normalized spacial score (nSPS) is 12.0. The van der Waals surface area contributed by atoms with Crippen LogP contribution in [0, 0.1) is 0 Å². The van der Waals surface area contributed by atoms with Crippen LogP contribution in [-0.4, -0.2) is 17.3 Å². The van der Waals surface area contributed by atoms with Crippen molar-refractivity contribution in [3.05, 3.63) is 0 Å². The van der Waals surface area contributed by atoms with Crippen LogP contribution in [0.1, 0.15) is 19.8 Å². The van der Waals surface area contributed by atoms with Crippen LogP contribution in [0.25, 0.3) is 0 Å². The van der Waals surface area contributed by atoms with Gasteiger partial charge >= 0.3 is 0 Å². The average molecular weight is 170 g/mol. The fourth-order valence-corrected chi connectivity index (χ4v) is 1.42.